The Bertz CT molecular complexity index is 413. The van der Waals surface area contributed by atoms with Crippen LogP contribution in [0.25, 0.3) is 0 Å². The molecule has 3 nitrogen and oxygen atoms in total. The second-order valence-electron chi connectivity index (χ2n) is 6.10. The van der Waals surface area contributed by atoms with Gasteiger partial charge in [-0.05, 0) is 49.2 Å². The van der Waals surface area contributed by atoms with Crippen LogP contribution in [0.3, 0.4) is 0 Å². The standard InChI is InChI=1S/C18H28N2O/c1-19-14-20-13-5-8-15(16-9-10-16)11-12-18(21)17-6-3-2-4-7-17/h5,8,11-14,16-18,21H,2-4,6-7,9-10H2,1H3,(H,19,20)/b12-11+,13-5+,15-8+. The molecular weight excluding hydrogens is 260 g/mol. The van der Waals surface area contributed by atoms with Crippen molar-refractivity contribution in [2.45, 2.75) is 51.0 Å². The van der Waals surface area contributed by atoms with Crippen LogP contribution in [0.1, 0.15) is 44.9 Å². The summed E-state index contributed by atoms with van der Waals surface area (Å²) < 4.78 is 0. The highest BCUT2D eigenvalue weighted by Crippen LogP contribution is 2.37. The van der Waals surface area contributed by atoms with Crippen LogP contribution in [0.15, 0.2) is 41.1 Å². The zero-order valence-corrected chi connectivity index (χ0v) is 13.0. The summed E-state index contributed by atoms with van der Waals surface area (Å²) in [4.78, 5) is 4.08. The van der Waals surface area contributed by atoms with Crippen LogP contribution in [-0.4, -0.2) is 24.6 Å². The minimum absolute atomic E-state index is 0.279. The van der Waals surface area contributed by atoms with E-state index in [4.69, 9.17) is 0 Å². The van der Waals surface area contributed by atoms with Crippen molar-refractivity contribution in [2.75, 3.05) is 7.05 Å². The van der Waals surface area contributed by atoms with Gasteiger partial charge >= 0.3 is 0 Å². The first-order valence-corrected chi connectivity index (χ1v) is 8.23. The molecule has 0 spiro atoms. The van der Waals surface area contributed by atoms with E-state index < -0.39 is 0 Å². The molecule has 0 aromatic carbocycles. The number of aliphatic imine (C=N–C) groups is 1. The fourth-order valence-electron chi connectivity index (χ4n) is 2.91. The lowest BCUT2D eigenvalue weighted by Crippen LogP contribution is -2.20. The third-order valence-corrected chi connectivity index (χ3v) is 4.33. The van der Waals surface area contributed by atoms with Crippen LogP contribution in [0.4, 0.5) is 0 Å². The summed E-state index contributed by atoms with van der Waals surface area (Å²) in [7, 11) is 1.83. The molecule has 2 fully saturated rings. The molecule has 0 heterocycles. The Morgan fingerprint density at radius 3 is 2.62 bits per heavy atom. The highest BCUT2D eigenvalue weighted by atomic mass is 16.3. The number of rotatable bonds is 7. The van der Waals surface area contributed by atoms with Gasteiger partial charge in [0.05, 0.1) is 12.4 Å². The highest BCUT2D eigenvalue weighted by molar-refractivity contribution is 5.54. The van der Waals surface area contributed by atoms with E-state index in [9.17, 15) is 5.11 Å². The molecule has 21 heavy (non-hydrogen) atoms. The molecular formula is C18H28N2O. The summed E-state index contributed by atoms with van der Waals surface area (Å²) in [5.41, 5.74) is 1.32. The summed E-state index contributed by atoms with van der Waals surface area (Å²) in [6, 6.07) is 0. The van der Waals surface area contributed by atoms with E-state index in [1.54, 1.807) is 12.5 Å². The molecule has 0 amide bonds. The van der Waals surface area contributed by atoms with Gasteiger partial charge in [0, 0.05) is 13.2 Å². The van der Waals surface area contributed by atoms with Crippen LogP contribution in [-0.2, 0) is 0 Å². The smallest absolute Gasteiger partial charge is 0.0876 e. The predicted octanol–water partition coefficient (Wildman–Crippen LogP) is 3.58. The van der Waals surface area contributed by atoms with Crippen LogP contribution in [0.5, 0.6) is 0 Å². The number of aliphatic hydroxyl groups is 1. The molecule has 0 aromatic rings. The average Bonchev–Trinajstić information content (AvgIpc) is 3.35. The molecule has 2 aliphatic rings. The van der Waals surface area contributed by atoms with Gasteiger partial charge < -0.3 is 10.4 Å². The van der Waals surface area contributed by atoms with Gasteiger partial charge in [0.1, 0.15) is 0 Å². The van der Waals surface area contributed by atoms with Gasteiger partial charge in [-0.2, -0.15) is 0 Å². The molecule has 3 heteroatoms. The molecule has 1 unspecified atom stereocenters. The molecule has 0 radical (unpaired) electrons. The maximum Gasteiger partial charge on any atom is 0.0876 e. The van der Waals surface area contributed by atoms with Crippen molar-refractivity contribution < 1.29 is 5.11 Å². The monoisotopic (exact) mass is 288 g/mol. The lowest BCUT2D eigenvalue weighted by Gasteiger charge is -2.24. The van der Waals surface area contributed by atoms with Gasteiger partial charge in [-0.1, -0.05) is 37.5 Å². The minimum Gasteiger partial charge on any atom is -0.389 e. The van der Waals surface area contributed by atoms with Crippen molar-refractivity contribution in [1.82, 2.24) is 5.32 Å². The van der Waals surface area contributed by atoms with Gasteiger partial charge in [0.2, 0.25) is 0 Å². The predicted molar refractivity (Wildman–Crippen MR) is 89.2 cm³/mol. The maximum atomic E-state index is 10.3. The Labute approximate surface area is 128 Å². The first-order valence-electron chi connectivity index (χ1n) is 8.23. The summed E-state index contributed by atoms with van der Waals surface area (Å²) in [5, 5.41) is 13.2. The first-order chi connectivity index (χ1) is 10.3. The fraction of sp³-hybridized carbons (Fsp3) is 0.611. The lowest BCUT2D eigenvalue weighted by molar-refractivity contribution is 0.125. The number of nitrogens with zero attached hydrogens (tertiary/aromatic N) is 1. The normalized spacial score (nSPS) is 23.4. The van der Waals surface area contributed by atoms with Crippen molar-refractivity contribution in [3.8, 4) is 0 Å². The third-order valence-electron chi connectivity index (χ3n) is 4.33. The quantitative estimate of drug-likeness (QED) is 0.427. The number of nitrogens with one attached hydrogen (secondary N) is 1. The van der Waals surface area contributed by atoms with E-state index in [1.807, 2.05) is 19.2 Å². The number of hydrogen-bond acceptors (Lipinski definition) is 2. The largest absolute Gasteiger partial charge is 0.389 e. The Balaban J connectivity index is 1.89. The van der Waals surface area contributed by atoms with Crippen LogP contribution in [0, 0.1) is 11.8 Å². The van der Waals surface area contributed by atoms with E-state index in [0.717, 1.165) is 0 Å². The summed E-state index contributed by atoms with van der Waals surface area (Å²) >= 11 is 0. The van der Waals surface area contributed by atoms with Gasteiger partial charge in [-0.15, -0.1) is 0 Å². The molecule has 2 N–H and O–H groups in total. The van der Waals surface area contributed by atoms with Gasteiger partial charge in [-0.25, -0.2) is 4.99 Å². The van der Waals surface area contributed by atoms with Crippen LogP contribution in [0.2, 0.25) is 0 Å². The molecule has 2 aliphatic carbocycles. The summed E-state index contributed by atoms with van der Waals surface area (Å²) in [5.74, 6) is 1.14. The second kappa shape index (κ2) is 8.83. The zero-order valence-electron chi connectivity index (χ0n) is 13.0. The van der Waals surface area contributed by atoms with Gasteiger partial charge in [0.25, 0.3) is 0 Å². The maximum absolute atomic E-state index is 10.3. The molecule has 0 bridgehead atoms. The SMILES string of the molecule is CN\C=N/C=C/C=C(\C=C\C(O)C1CCCCC1)C1CC1. The molecule has 0 saturated heterocycles. The van der Waals surface area contributed by atoms with E-state index >= 15 is 0 Å². The van der Waals surface area contributed by atoms with E-state index in [1.165, 1.54) is 50.5 Å². The van der Waals surface area contributed by atoms with E-state index in [-0.39, 0.29) is 6.10 Å². The molecule has 0 aromatic heterocycles. The van der Waals surface area contributed by atoms with E-state index in [2.05, 4.69) is 22.5 Å². The van der Waals surface area contributed by atoms with Gasteiger partial charge in [-0.3, -0.25) is 0 Å². The molecule has 2 rings (SSSR count). The molecule has 1 atom stereocenters. The molecule has 0 aliphatic heterocycles. The summed E-state index contributed by atoms with van der Waals surface area (Å²) in [6.45, 7) is 0. The van der Waals surface area contributed by atoms with Crippen LogP contribution < -0.4 is 5.32 Å². The molecule has 116 valence electrons. The number of aliphatic hydroxyl groups excluding tert-OH is 1. The summed E-state index contributed by atoms with van der Waals surface area (Å²) in [6.07, 6.45) is 20.1. The van der Waals surface area contributed by atoms with Crippen LogP contribution >= 0.6 is 0 Å². The fourth-order valence-corrected chi connectivity index (χ4v) is 2.91. The number of hydrogen-bond donors (Lipinski definition) is 2. The Hall–Kier alpha value is -1.35. The van der Waals surface area contributed by atoms with Gasteiger partial charge in [0.15, 0.2) is 0 Å². The highest BCUT2D eigenvalue weighted by Gasteiger charge is 2.24. The first kappa shape index (κ1) is 16.0. The third kappa shape index (κ3) is 5.88. The Kier molecular flexibility index (Phi) is 6.74. The van der Waals surface area contributed by atoms with Crippen molar-refractivity contribution in [3.63, 3.8) is 0 Å². The topological polar surface area (TPSA) is 44.6 Å². The van der Waals surface area contributed by atoms with Crippen molar-refractivity contribution >= 4 is 6.34 Å². The van der Waals surface area contributed by atoms with Crippen molar-refractivity contribution in [2.24, 2.45) is 16.8 Å². The Morgan fingerprint density at radius 2 is 1.95 bits per heavy atom. The van der Waals surface area contributed by atoms with Crippen molar-refractivity contribution in [1.29, 1.82) is 0 Å². The Morgan fingerprint density at radius 1 is 1.19 bits per heavy atom. The van der Waals surface area contributed by atoms with Crippen molar-refractivity contribution in [3.05, 3.63) is 36.1 Å². The molecule has 2 saturated carbocycles. The second-order valence-corrected chi connectivity index (χ2v) is 6.10. The van der Waals surface area contributed by atoms with E-state index in [0.29, 0.717) is 11.8 Å². The zero-order chi connectivity index (χ0) is 14.9. The average molecular weight is 288 g/mol. The minimum atomic E-state index is -0.279. The lowest BCUT2D eigenvalue weighted by atomic mass is 9.85. The number of allylic oxidation sites excluding steroid dienone is 4.